The fourth-order valence-electron chi connectivity index (χ4n) is 2.47. The predicted molar refractivity (Wildman–Crippen MR) is 100 cm³/mol. The number of rotatable bonds is 7. The largest absolute Gasteiger partial charge is 0.383 e. The van der Waals surface area contributed by atoms with Gasteiger partial charge < -0.3 is 15.0 Å². The van der Waals surface area contributed by atoms with Crippen LogP contribution in [0.25, 0.3) is 10.9 Å². The van der Waals surface area contributed by atoms with Crippen LogP contribution in [0.1, 0.15) is 20.8 Å². The summed E-state index contributed by atoms with van der Waals surface area (Å²) in [5.41, 5.74) is 8.04. The number of ether oxygens (including phenoxy) is 1. The number of carbonyl (C=O) groups excluding carboxylic acids is 2. The molecule has 0 fully saturated rings. The summed E-state index contributed by atoms with van der Waals surface area (Å²) < 4.78 is 4.89. The lowest BCUT2D eigenvalue weighted by Crippen LogP contribution is -2.29. The van der Waals surface area contributed by atoms with Crippen molar-refractivity contribution in [1.82, 2.24) is 15.7 Å². The summed E-state index contributed by atoms with van der Waals surface area (Å²) in [7, 11) is 1.58. The van der Waals surface area contributed by atoms with Crippen molar-refractivity contribution in [1.29, 1.82) is 0 Å². The lowest BCUT2D eigenvalue weighted by atomic mass is 10.2. The summed E-state index contributed by atoms with van der Waals surface area (Å²) >= 11 is 0. The summed E-state index contributed by atoms with van der Waals surface area (Å²) in [5.74, 6) is -0.446. The van der Waals surface area contributed by atoms with Gasteiger partial charge in [0.1, 0.15) is 5.69 Å². The van der Waals surface area contributed by atoms with Gasteiger partial charge in [0.2, 0.25) is 0 Å². The van der Waals surface area contributed by atoms with E-state index >= 15 is 0 Å². The van der Waals surface area contributed by atoms with Gasteiger partial charge in [-0.15, -0.1) is 0 Å². The molecule has 3 rings (SSSR count). The van der Waals surface area contributed by atoms with Crippen LogP contribution in [-0.2, 0) is 4.74 Å². The van der Waals surface area contributed by atoms with Crippen molar-refractivity contribution in [2.24, 2.45) is 0 Å². The van der Waals surface area contributed by atoms with Crippen molar-refractivity contribution in [2.45, 2.75) is 0 Å². The van der Waals surface area contributed by atoms with E-state index in [1.807, 2.05) is 24.3 Å². The Balaban J connectivity index is 1.55. The van der Waals surface area contributed by atoms with Gasteiger partial charge in [0.15, 0.2) is 0 Å². The van der Waals surface area contributed by atoms with Crippen LogP contribution >= 0.6 is 0 Å². The quantitative estimate of drug-likeness (QED) is 0.388. The smallest absolute Gasteiger partial charge is 0.286 e. The van der Waals surface area contributed by atoms with E-state index in [0.717, 1.165) is 10.9 Å². The van der Waals surface area contributed by atoms with Crippen LogP contribution in [-0.4, -0.2) is 37.1 Å². The molecule has 0 aliphatic heterocycles. The minimum Gasteiger partial charge on any atom is -0.383 e. The molecule has 134 valence electrons. The van der Waals surface area contributed by atoms with Crippen LogP contribution in [0, 0.1) is 0 Å². The SMILES string of the molecule is COCCNC(=O)c1ccc(NNC(=O)c2cc3ccccc3[nH]2)cc1. The second-order valence-electron chi connectivity index (χ2n) is 5.68. The number of benzene rings is 2. The van der Waals surface area contributed by atoms with E-state index in [2.05, 4.69) is 21.2 Å². The highest BCUT2D eigenvalue weighted by Crippen LogP contribution is 2.14. The molecule has 1 heterocycles. The monoisotopic (exact) mass is 352 g/mol. The molecule has 7 heteroatoms. The average molecular weight is 352 g/mol. The number of hydrazine groups is 1. The van der Waals surface area contributed by atoms with Crippen LogP contribution < -0.4 is 16.2 Å². The van der Waals surface area contributed by atoms with Crippen molar-refractivity contribution in [3.63, 3.8) is 0 Å². The van der Waals surface area contributed by atoms with Crippen molar-refractivity contribution in [3.8, 4) is 0 Å². The molecule has 7 nitrogen and oxygen atoms in total. The maximum Gasteiger partial charge on any atom is 0.286 e. The molecule has 1 aromatic heterocycles. The van der Waals surface area contributed by atoms with E-state index in [4.69, 9.17) is 4.74 Å². The van der Waals surface area contributed by atoms with Crippen LogP contribution in [0.15, 0.2) is 54.6 Å². The molecule has 0 bridgehead atoms. The van der Waals surface area contributed by atoms with Crippen LogP contribution in [0.2, 0.25) is 0 Å². The Bertz CT molecular complexity index is 870. The van der Waals surface area contributed by atoms with Gasteiger partial charge in [-0.3, -0.25) is 20.4 Å². The minimum atomic E-state index is -0.275. The Kier molecular flexibility index (Phi) is 5.50. The number of H-pyrrole nitrogens is 1. The third kappa shape index (κ3) is 4.20. The number of fused-ring (bicyclic) bond motifs is 1. The summed E-state index contributed by atoms with van der Waals surface area (Å²) in [6, 6.07) is 16.3. The molecule has 3 aromatic rings. The molecule has 0 spiro atoms. The Morgan fingerprint density at radius 3 is 2.54 bits per heavy atom. The first-order valence-electron chi connectivity index (χ1n) is 8.18. The van der Waals surface area contributed by atoms with Gasteiger partial charge >= 0.3 is 0 Å². The lowest BCUT2D eigenvalue weighted by Gasteiger charge is -2.09. The second-order valence-corrected chi connectivity index (χ2v) is 5.68. The second kappa shape index (κ2) is 8.17. The Labute approximate surface area is 150 Å². The number of hydrogen-bond donors (Lipinski definition) is 4. The first kappa shape index (κ1) is 17.5. The van der Waals surface area contributed by atoms with Crippen molar-refractivity contribution in [3.05, 3.63) is 65.9 Å². The maximum atomic E-state index is 12.2. The third-order valence-electron chi connectivity index (χ3n) is 3.83. The third-order valence-corrected chi connectivity index (χ3v) is 3.83. The highest BCUT2D eigenvalue weighted by Gasteiger charge is 2.09. The number of aromatic amines is 1. The molecule has 2 amide bonds. The maximum absolute atomic E-state index is 12.2. The number of anilines is 1. The van der Waals surface area contributed by atoms with E-state index in [1.165, 1.54) is 0 Å². The summed E-state index contributed by atoms with van der Waals surface area (Å²) in [6.07, 6.45) is 0. The van der Waals surface area contributed by atoms with Gasteiger partial charge in [0.05, 0.1) is 12.3 Å². The van der Waals surface area contributed by atoms with Crippen LogP contribution in [0.4, 0.5) is 5.69 Å². The van der Waals surface area contributed by atoms with Gasteiger partial charge in [-0.25, -0.2) is 0 Å². The van der Waals surface area contributed by atoms with E-state index in [9.17, 15) is 9.59 Å². The van der Waals surface area contributed by atoms with Gasteiger partial charge in [0.25, 0.3) is 11.8 Å². The molecule has 0 aliphatic rings. The molecule has 26 heavy (non-hydrogen) atoms. The molecule has 4 N–H and O–H groups in total. The standard InChI is InChI=1S/C19H20N4O3/c1-26-11-10-20-18(24)13-6-8-15(9-7-13)22-23-19(25)17-12-14-4-2-3-5-16(14)21-17/h2-9,12,21-22H,10-11H2,1H3,(H,20,24)(H,23,25). The van der Waals surface area contributed by atoms with Crippen molar-refractivity contribution in [2.75, 3.05) is 25.7 Å². The summed E-state index contributed by atoms with van der Waals surface area (Å²) in [5, 5.41) is 3.72. The van der Waals surface area contributed by atoms with Crippen LogP contribution in [0.3, 0.4) is 0 Å². The molecule has 0 saturated heterocycles. The number of aromatic nitrogens is 1. The Hall–Kier alpha value is -3.32. The van der Waals surface area contributed by atoms with Gasteiger partial charge in [-0.05, 0) is 36.4 Å². The Morgan fingerprint density at radius 2 is 1.81 bits per heavy atom. The molecule has 0 saturated carbocycles. The number of para-hydroxylation sites is 1. The fourth-order valence-corrected chi connectivity index (χ4v) is 2.47. The van der Waals surface area contributed by atoms with E-state index in [-0.39, 0.29) is 11.8 Å². The van der Waals surface area contributed by atoms with Gasteiger partial charge in [0, 0.05) is 30.1 Å². The fraction of sp³-hybridized carbons (Fsp3) is 0.158. The van der Waals surface area contributed by atoms with E-state index in [0.29, 0.717) is 30.1 Å². The average Bonchev–Trinajstić information content (AvgIpc) is 3.11. The van der Waals surface area contributed by atoms with E-state index < -0.39 is 0 Å². The molecule has 0 aliphatic carbocycles. The number of carbonyl (C=O) groups is 2. The van der Waals surface area contributed by atoms with Gasteiger partial charge in [-0.1, -0.05) is 18.2 Å². The Morgan fingerprint density at radius 1 is 1.04 bits per heavy atom. The normalized spacial score (nSPS) is 10.5. The minimum absolute atomic E-state index is 0.171. The highest BCUT2D eigenvalue weighted by molar-refractivity contribution is 5.98. The molecular formula is C19H20N4O3. The zero-order valence-corrected chi connectivity index (χ0v) is 14.3. The van der Waals surface area contributed by atoms with Crippen molar-refractivity contribution < 1.29 is 14.3 Å². The first-order valence-corrected chi connectivity index (χ1v) is 8.18. The zero-order chi connectivity index (χ0) is 18.4. The summed E-state index contributed by atoms with van der Waals surface area (Å²) in [6.45, 7) is 0.918. The number of amides is 2. The molecule has 0 atom stereocenters. The van der Waals surface area contributed by atoms with E-state index in [1.54, 1.807) is 37.4 Å². The summed E-state index contributed by atoms with van der Waals surface area (Å²) in [4.78, 5) is 27.2. The first-order chi connectivity index (χ1) is 12.7. The van der Waals surface area contributed by atoms with Crippen molar-refractivity contribution >= 4 is 28.4 Å². The molecule has 0 unspecified atom stereocenters. The zero-order valence-electron chi connectivity index (χ0n) is 14.3. The van der Waals surface area contributed by atoms with Gasteiger partial charge in [-0.2, -0.15) is 0 Å². The van der Waals surface area contributed by atoms with Crippen LogP contribution in [0.5, 0.6) is 0 Å². The topological polar surface area (TPSA) is 95.2 Å². The number of nitrogens with one attached hydrogen (secondary N) is 4. The molecule has 2 aromatic carbocycles. The molecule has 0 radical (unpaired) electrons. The number of hydrogen-bond acceptors (Lipinski definition) is 4. The predicted octanol–water partition coefficient (Wildman–Crippen LogP) is 2.30. The number of methoxy groups -OCH3 is 1. The molecular weight excluding hydrogens is 332 g/mol. The highest BCUT2D eigenvalue weighted by atomic mass is 16.5. The lowest BCUT2D eigenvalue weighted by molar-refractivity contribution is 0.0934.